The van der Waals surface area contributed by atoms with Crippen molar-refractivity contribution in [3.8, 4) is 5.75 Å². The first-order valence-electron chi connectivity index (χ1n) is 6.10. The lowest BCUT2D eigenvalue weighted by atomic mass is 10.3. The molecule has 0 radical (unpaired) electrons. The minimum atomic E-state index is -0.923. The van der Waals surface area contributed by atoms with Crippen LogP contribution in [0.25, 0.3) is 0 Å². The average Bonchev–Trinajstić information content (AvgIpc) is 2.48. The van der Waals surface area contributed by atoms with E-state index in [1.54, 1.807) is 31.4 Å². The van der Waals surface area contributed by atoms with E-state index in [4.69, 9.17) is 4.74 Å². The maximum absolute atomic E-state index is 13.0. The average molecular weight is 309 g/mol. The van der Waals surface area contributed by atoms with Gasteiger partial charge in [-0.15, -0.1) is 11.8 Å². The normalized spacial score (nSPS) is 10.2. The van der Waals surface area contributed by atoms with E-state index >= 15 is 0 Å². The molecule has 0 atom stereocenters. The summed E-state index contributed by atoms with van der Waals surface area (Å²) >= 11 is 1.13. The summed E-state index contributed by atoms with van der Waals surface area (Å²) in [5, 5.41) is 2.71. The molecule has 0 aliphatic heterocycles. The number of amides is 1. The highest BCUT2D eigenvalue weighted by molar-refractivity contribution is 8.00. The monoisotopic (exact) mass is 309 g/mol. The van der Waals surface area contributed by atoms with Gasteiger partial charge in [0.1, 0.15) is 5.75 Å². The third-order valence-electron chi connectivity index (χ3n) is 2.61. The Labute approximate surface area is 125 Å². The highest BCUT2D eigenvalue weighted by Gasteiger charge is 2.07. The highest BCUT2D eigenvalue weighted by Crippen LogP contribution is 2.21. The van der Waals surface area contributed by atoms with E-state index in [-0.39, 0.29) is 11.7 Å². The standard InChI is InChI=1S/C15H13F2NO2S/c1-20-11-4-2-3-10(7-11)18-15(19)9-21-12-5-6-13(16)14(17)8-12/h2-8H,9H2,1H3,(H,18,19). The zero-order chi connectivity index (χ0) is 15.2. The quantitative estimate of drug-likeness (QED) is 0.856. The van der Waals surface area contributed by atoms with Gasteiger partial charge in [-0.3, -0.25) is 4.79 Å². The second kappa shape index (κ2) is 7.08. The van der Waals surface area contributed by atoms with Crippen molar-refractivity contribution in [3.05, 3.63) is 54.1 Å². The smallest absolute Gasteiger partial charge is 0.234 e. The summed E-state index contributed by atoms with van der Waals surface area (Å²) in [6.07, 6.45) is 0. The molecule has 2 aromatic carbocycles. The minimum Gasteiger partial charge on any atom is -0.497 e. The van der Waals surface area contributed by atoms with E-state index in [1.165, 1.54) is 6.07 Å². The molecule has 0 fully saturated rings. The molecular formula is C15H13F2NO2S. The van der Waals surface area contributed by atoms with Crippen LogP contribution >= 0.6 is 11.8 Å². The fourth-order valence-corrected chi connectivity index (χ4v) is 2.33. The van der Waals surface area contributed by atoms with Crippen molar-refractivity contribution in [1.82, 2.24) is 0 Å². The van der Waals surface area contributed by atoms with E-state index in [2.05, 4.69) is 5.32 Å². The summed E-state index contributed by atoms with van der Waals surface area (Å²) in [4.78, 5) is 12.3. The predicted molar refractivity (Wildman–Crippen MR) is 78.7 cm³/mol. The van der Waals surface area contributed by atoms with Crippen LogP contribution in [0.2, 0.25) is 0 Å². The largest absolute Gasteiger partial charge is 0.497 e. The lowest BCUT2D eigenvalue weighted by Crippen LogP contribution is -2.13. The number of hydrogen-bond acceptors (Lipinski definition) is 3. The fraction of sp³-hybridized carbons (Fsp3) is 0.133. The Morgan fingerprint density at radius 1 is 1.19 bits per heavy atom. The summed E-state index contributed by atoms with van der Waals surface area (Å²) in [6.45, 7) is 0. The lowest BCUT2D eigenvalue weighted by molar-refractivity contribution is -0.113. The van der Waals surface area contributed by atoms with Gasteiger partial charge in [-0.25, -0.2) is 8.78 Å². The number of halogens is 2. The zero-order valence-corrected chi connectivity index (χ0v) is 12.0. The van der Waals surface area contributed by atoms with E-state index in [0.29, 0.717) is 16.3 Å². The second-order valence-electron chi connectivity index (χ2n) is 4.14. The number of methoxy groups -OCH3 is 1. The number of carbonyl (C=O) groups is 1. The van der Waals surface area contributed by atoms with Crippen molar-refractivity contribution in [2.75, 3.05) is 18.2 Å². The summed E-state index contributed by atoms with van der Waals surface area (Å²) in [5.41, 5.74) is 0.616. The van der Waals surface area contributed by atoms with E-state index in [9.17, 15) is 13.6 Å². The molecule has 3 nitrogen and oxygen atoms in total. The Bertz CT molecular complexity index is 649. The first kappa shape index (κ1) is 15.3. The van der Waals surface area contributed by atoms with Gasteiger partial charge in [0.25, 0.3) is 0 Å². The number of rotatable bonds is 5. The van der Waals surface area contributed by atoms with Gasteiger partial charge in [0.2, 0.25) is 5.91 Å². The maximum Gasteiger partial charge on any atom is 0.234 e. The Hall–Kier alpha value is -2.08. The summed E-state index contributed by atoms with van der Waals surface area (Å²) in [6, 6.07) is 10.5. The number of benzene rings is 2. The van der Waals surface area contributed by atoms with Crippen molar-refractivity contribution in [2.24, 2.45) is 0 Å². The molecule has 1 amide bonds. The Kier molecular flexibility index (Phi) is 5.16. The molecule has 2 aromatic rings. The van der Waals surface area contributed by atoms with Gasteiger partial charge in [-0.05, 0) is 30.3 Å². The topological polar surface area (TPSA) is 38.3 Å². The molecule has 2 rings (SSSR count). The molecule has 0 unspecified atom stereocenters. The van der Waals surface area contributed by atoms with Crippen LogP contribution in [0.15, 0.2) is 47.4 Å². The van der Waals surface area contributed by atoms with Gasteiger partial charge >= 0.3 is 0 Å². The molecule has 0 aromatic heterocycles. The molecule has 1 N–H and O–H groups in total. The van der Waals surface area contributed by atoms with Crippen molar-refractivity contribution < 1.29 is 18.3 Å². The minimum absolute atomic E-state index is 0.0995. The van der Waals surface area contributed by atoms with Crippen molar-refractivity contribution in [1.29, 1.82) is 0 Å². The van der Waals surface area contributed by atoms with Gasteiger partial charge in [0.05, 0.1) is 12.9 Å². The molecule has 6 heteroatoms. The summed E-state index contributed by atoms with van der Waals surface area (Å²) < 4.78 is 30.9. The number of ether oxygens (including phenoxy) is 1. The fourth-order valence-electron chi connectivity index (χ4n) is 1.61. The van der Waals surface area contributed by atoms with Crippen LogP contribution in [-0.2, 0) is 4.79 Å². The van der Waals surface area contributed by atoms with E-state index < -0.39 is 11.6 Å². The molecule has 0 saturated heterocycles. The maximum atomic E-state index is 13.0. The SMILES string of the molecule is COc1cccc(NC(=O)CSc2ccc(F)c(F)c2)c1. The summed E-state index contributed by atoms with van der Waals surface area (Å²) in [7, 11) is 1.54. The van der Waals surface area contributed by atoms with Gasteiger partial charge in [-0.1, -0.05) is 6.07 Å². The number of anilines is 1. The van der Waals surface area contributed by atoms with Crippen molar-refractivity contribution in [2.45, 2.75) is 4.90 Å². The van der Waals surface area contributed by atoms with Crippen LogP contribution in [0, 0.1) is 11.6 Å². The number of thioether (sulfide) groups is 1. The van der Waals surface area contributed by atoms with Gasteiger partial charge in [0.15, 0.2) is 11.6 Å². The van der Waals surface area contributed by atoms with Crippen LogP contribution in [0.1, 0.15) is 0 Å². The Morgan fingerprint density at radius 3 is 2.71 bits per heavy atom. The third-order valence-corrected chi connectivity index (χ3v) is 3.61. The van der Waals surface area contributed by atoms with Crippen molar-refractivity contribution >= 4 is 23.4 Å². The molecular weight excluding hydrogens is 296 g/mol. The molecule has 21 heavy (non-hydrogen) atoms. The molecule has 0 heterocycles. The summed E-state index contributed by atoms with van der Waals surface area (Å²) in [5.74, 6) is -1.32. The van der Waals surface area contributed by atoms with Gasteiger partial charge < -0.3 is 10.1 Å². The number of hydrogen-bond donors (Lipinski definition) is 1. The van der Waals surface area contributed by atoms with Crippen LogP contribution in [-0.4, -0.2) is 18.8 Å². The molecule has 0 bridgehead atoms. The van der Waals surface area contributed by atoms with Gasteiger partial charge in [0, 0.05) is 16.6 Å². The van der Waals surface area contributed by atoms with Crippen LogP contribution in [0.3, 0.4) is 0 Å². The Morgan fingerprint density at radius 2 is 2.00 bits per heavy atom. The van der Waals surface area contributed by atoms with E-state index in [1.807, 2.05) is 0 Å². The molecule has 0 aliphatic carbocycles. The Balaban J connectivity index is 1.90. The second-order valence-corrected chi connectivity index (χ2v) is 5.19. The molecule has 110 valence electrons. The van der Waals surface area contributed by atoms with Gasteiger partial charge in [-0.2, -0.15) is 0 Å². The predicted octanol–water partition coefficient (Wildman–Crippen LogP) is 3.70. The molecule has 0 spiro atoms. The van der Waals surface area contributed by atoms with Crippen LogP contribution in [0.4, 0.5) is 14.5 Å². The first-order chi connectivity index (χ1) is 10.1. The molecule has 0 aliphatic rings. The van der Waals surface area contributed by atoms with Crippen LogP contribution < -0.4 is 10.1 Å². The van der Waals surface area contributed by atoms with Crippen molar-refractivity contribution in [3.63, 3.8) is 0 Å². The van der Waals surface area contributed by atoms with E-state index in [0.717, 1.165) is 23.9 Å². The highest BCUT2D eigenvalue weighted by atomic mass is 32.2. The number of carbonyl (C=O) groups excluding carboxylic acids is 1. The molecule has 0 saturated carbocycles. The number of nitrogens with one attached hydrogen (secondary N) is 1. The zero-order valence-electron chi connectivity index (χ0n) is 11.2. The van der Waals surface area contributed by atoms with Crippen LogP contribution in [0.5, 0.6) is 5.75 Å². The lowest BCUT2D eigenvalue weighted by Gasteiger charge is -2.07. The third kappa shape index (κ3) is 4.46. The first-order valence-corrected chi connectivity index (χ1v) is 7.09.